The first-order chi connectivity index (χ1) is 7.63. The predicted molar refractivity (Wildman–Crippen MR) is 61.0 cm³/mol. The van der Waals surface area contributed by atoms with Crippen LogP contribution >= 0.6 is 0 Å². The van der Waals surface area contributed by atoms with Crippen LogP contribution in [0, 0.1) is 0 Å². The summed E-state index contributed by atoms with van der Waals surface area (Å²) < 4.78 is 26.3. The van der Waals surface area contributed by atoms with Gasteiger partial charge >= 0.3 is 5.97 Å². The molecule has 0 radical (unpaired) electrons. The maximum absolute atomic E-state index is 11.3. The lowest BCUT2D eigenvalue weighted by atomic mass is 10.2. The first-order valence-corrected chi connectivity index (χ1v) is 6.40. The molecule has 1 aromatic rings. The first-order valence-electron chi connectivity index (χ1n) is 5.04. The highest BCUT2D eigenvalue weighted by Gasteiger charge is 2.08. The second-order valence-corrected chi connectivity index (χ2v) is 4.30. The van der Waals surface area contributed by atoms with Crippen molar-refractivity contribution < 1.29 is 17.9 Å². The van der Waals surface area contributed by atoms with Gasteiger partial charge in [0.05, 0.1) is 5.75 Å². The second kappa shape index (κ2) is 6.27. The van der Waals surface area contributed by atoms with Crippen LogP contribution in [0.15, 0.2) is 24.3 Å². The zero-order valence-corrected chi connectivity index (χ0v) is 9.91. The van der Waals surface area contributed by atoms with Crippen LogP contribution < -0.4 is 4.74 Å². The molecule has 16 heavy (non-hydrogen) atoms. The number of benzene rings is 1. The van der Waals surface area contributed by atoms with Gasteiger partial charge in [0.15, 0.2) is 0 Å². The van der Waals surface area contributed by atoms with Crippen LogP contribution in [-0.2, 0) is 21.3 Å². The van der Waals surface area contributed by atoms with Crippen LogP contribution in [0.4, 0.5) is 0 Å². The van der Waals surface area contributed by atoms with Gasteiger partial charge in [-0.3, -0.25) is 4.79 Å². The van der Waals surface area contributed by atoms with E-state index < -0.39 is 10.7 Å². The molecule has 0 aromatic heterocycles. The first kappa shape index (κ1) is 12.7. The lowest BCUT2D eigenvalue weighted by Crippen LogP contribution is -2.08. The van der Waals surface area contributed by atoms with E-state index in [2.05, 4.69) is 0 Å². The van der Waals surface area contributed by atoms with Crippen molar-refractivity contribution >= 4 is 16.7 Å². The van der Waals surface area contributed by atoms with Gasteiger partial charge < -0.3 is 4.74 Å². The van der Waals surface area contributed by atoms with E-state index in [1.807, 2.05) is 6.92 Å². The van der Waals surface area contributed by atoms with Gasteiger partial charge in [0.1, 0.15) is 16.5 Å². The predicted octanol–water partition coefficient (Wildman–Crippen LogP) is 1.50. The smallest absolute Gasteiger partial charge is 0.311 e. The maximum Gasteiger partial charge on any atom is 0.311 e. The summed E-state index contributed by atoms with van der Waals surface area (Å²) in [6.45, 7) is 1.88. The molecule has 4 nitrogen and oxygen atoms in total. The lowest BCUT2D eigenvalue weighted by Gasteiger charge is -2.07. The third-order valence-electron chi connectivity index (χ3n) is 1.95. The molecule has 0 unspecified atom stereocenters. The number of ether oxygens (including phenoxy) is 1. The largest absolute Gasteiger partial charge is 0.426 e. The Hall–Kier alpha value is -1.36. The van der Waals surface area contributed by atoms with Crippen molar-refractivity contribution in [2.24, 2.45) is 0 Å². The van der Waals surface area contributed by atoms with E-state index in [1.165, 1.54) is 0 Å². The summed E-state index contributed by atoms with van der Waals surface area (Å²) in [7, 11) is -2.52. The van der Waals surface area contributed by atoms with Crippen molar-refractivity contribution in [3.8, 4) is 5.75 Å². The van der Waals surface area contributed by atoms with Crippen LogP contribution in [-0.4, -0.2) is 14.4 Å². The van der Waals surface area contributed by atoms with Gasteiger partial charge in [-0.2, -0.15) is 0 Å². The number of hydrogen-bond acceptors (Lipinski definition) is 4. The fourth-order valence-corrected chi connectivity index (χ4v) is 1.79. The average molecular weight is 242 g/mol. The van der Waals surface area contributed by atoms with Crippen LogP contribution in [0.5, 0.6) is 5.75 Å². The highest BCUT2D eigenvalue weighted by atomic mass is 32.2. The zero-order valence-electron chi connectivity index (χ0n) is 9.01. The number of esters is 1. The summed E-state index contributed by atoms with van der Waals surface area (Å²) in [6.07, 6.45) is 1.04. The summed E-state index contributed by atoms with van der Waals surface area (Å²) in [6, 6.07) is 6.66. The molecule has 1 rings (SSSR count). The molecule has 0 saturated carbocycles. The molecule has 0 fully saturated rings. The van der Waals surface area contributed by atoms with Crippen molar-refractivity contribution in [1.82, 2.24) is 0 Å². The summed E-state index contributed by atoms with van der Waals surface area (Å²) in [5.74, 6) is -0.110. The highest BCUT2D eigenvalue weighted by molar-refractivity contribution is 7.71. The van der Waals surface area contributed by atoms with E-state index in [9.17, 15) is 13.2 Å². The van der Waals surface area contributed by atoms with Crippen LogP contribution in [0.1, 0.15) is 25.3 Å². The molecule has 0 amide bonds. The lowest BCUT2D eigenvalue weighted by molar-refractivity contribution is -0.134. The Labute approximate surface area is 96.2 Å². The molecule has 0 bridgehead atoms. The van der Waals surface area contributed by atoms with Gasteiger partial charge in [0.2, 0.25) is 0 Å². The minimum absolute atomic E-state index is 0.106. The molecule has 0 saturated heterocycles. The molecule has 0 aliphatic rings. The molecule has 0 aliphatic carbocycles. The van der Waals surface area contributed by atoms with Crippen LogP contribution in [0.25, 0.3) is 0 Å². The van der Waals surface area contributed by atoms with E-state index in [-0.39, 0.29) is 11.7 Å². The van der Waals surface area contributed by atoms with E-state index >= 15 is 0 Å². The fourth-order valence-electron chi connectivity index (χ4n) is 1.25. The van der Waals surface area contributed by atoms with Crippen molar-refractivity contribution in [2.75, 3.05) is 0 Å². The number of hydrogen-bond donors (Lipinski definition) is 1. The van der Waals surface area contributed by atoms with Gasteiger partial charge in [-0.05, 0) is 12.5 Å². The number of carbonyl (C=O) groups is 1. The minimum Gasteiger partial charge on any atom is -0.426 e. The van der Waals surface area contributed by atoms with Gasteiger partial charge in [-0.1, -0.05) is 25.1 Å². The summed E-state index contributed by atoms with van der Waals surface area (Å²) in [4.78, 5) is 11.3. The summed E-state index contributed by atoms with van der Waals surface area (Å²) in [5, 5.41) is 0. The Kier molecular flexibility index (Phi) is 4.98. The Morgan fingerprint density at radius 1 is 1.31 bits per heavy atom. The molecule has 0 spiro atoms. The monoisotopic (exact) mass is 242 g/mol. The van der Waals surface area contributed by atoms with Crippen molar-refractivity contribution in [1.29, 1.82) is 0 Å². The second-order valence-electron chi connectivity index (χ2n) is 3.32. The average Bonchev–Trinajstić information content (AvgIpc) is 2.20. The van der Waals surface area contributed by atoms with Crippen LogP contribution in [0.3, 0.4) is 0 Å². The quantitative estimate of drug-likeness (QED) is 0.483. The topological polar surface area (TPSA) is 60.4 Å². The summed E-state index contributed by atoms with van der Waals surface area (Å²) >= 11 is 0. The Bertz CT molecular complexity index is 429. The van der Waals surface area contributed by atoms with Crippen LogP contribution in [0.2, 0.25) is 0 Å². The maximum atomic E-state index is 11.3. The molecular formula is C11H14O4S. The van der Waals surface area contributed by atoms with E-state index in [0.29, 0.717) is 24.2 Å². The molecule has 0 atom stereocenters. The number of para-hydroxylation sites is 1. The number of carbonyl (C=O) groups excluding carboxylic acids is 1. The molecule has 0 N–H and O–H groups in total. The third-order valence-corrected chi connectivity index (χ3v) is 2.55. The molecule has 88 valence electrons. The molecule has 5 heteroatoms. The van der Waals surface area contributed by atoms with Crippen molar-refractivity contribution in [3.63, 3.8) is 0 Å². The Balaban J connectivity index is 2.82. The Morgan fingerprint density at radius 2 is 2.00 bits per heavy atom. The number of rotatable bonds is 5. The van der Waals surface area contributed by atoms with E-state index in [1.54, 1.807) is 24.3 Å². The van der Waals surface area contributed by atoms with Gasteiger partial charge in [0.25, 0.3) is 0 Å². The van der Waals surface area contributed by atoms with Gasteiger partial charge in [-0.15, -0.1) is 0 Å². The molecule has 0 heterocycles. The molecular weight excluding hydrogens is 228 g/mol. The highest BCUT2D eigenvalue weighted by Crippen LogP contribution is 2.19. The normalized spacial score (nSPS) is 10.4. The molecule has 0 aliphatic heterocycles. The van der Waals surface area contributed by atoms with Crippen molar-refractivity contribution in [3.05, 3.63) is 29.8 Å². The Morgan fingerprint density at radius 3 is 2.62 bits per heavy atom. The van der Waals surface area contributed by atoms with E-state index in [0.717, 1.165) is 0 Å². The fraction of sp³-hybridized carbons (Fsp3) is 0.364. The standard InChI is InChI=1S/C11H14O4S/c1-2-5-11(12)15-10-7-4-3-6-9(10)8-16(13)14/h3-4,6-7,16H,2,5,8H2,1H3. The van der Waals surface area contributed by atoms with Crippen molar-refractivity contribution in [2.45, 2.75) is 25.5 Å². The molecule has 1 aromatic carbocycles. The van der Waals surface area contributed by atoms with Gasteiger partial charge in [0, 0.05) is 12.0 Å². The SMILES string of the molecule is CCCC(=O)Oc1ccccc1C[SH](=O)=O. The minimum atomic E-state index is -2.52. The van der Waals surface area contributed by atoms with Gasteiger partial charge in [-0.25, -0.2) is 8.42 Å². The summed E-state index contributed by atoms with van der Waals surface area (Å²) in [5.41, 5.74) is 0.517. The zero-order chi connectivity index (χ0) is 12.0. The number of thiol groups is 1. The third kappa shape index (κ3) is 4.02. The van der Waals surface area contributed by atoms with E-state index in [4.69, 9.17) is 4.74 Å².